The lowest BCUT2D eigenvalue weighted by atomic mass is 10.1. The molecule has 1 N–H and O–H groups in total. The van der Waals surface area contributed by atoms with Crippen molar-refractivity contribution >= 4 is 32.4 Å². The molecule has 2 atom stereocenters. The van der Waals surface area contributed by atoms with Crippen LogP contribution in [0.2, 0.25) is 0 Å². The SMILES string of the molecule is COC(=O)C(Cc1ccccc1)N1CC=CCN(Cc2ccccc2)S1(=O)=O.COC(=O)C(Cc1ccccc1)N1CC=CCNS1(=O)=O. The second kappa shape index (κ2) is 18.0. The largest absolute Gasteiger partial charge is 0.468 e. The van der Waals surface area contributed by atoms with Crippen LogP contribution in [0, 0.1) is 0 Å². The Morgan fingerprint density at radius 1 is 0.633 bits per heavy atom. The van der Waals surface area contributed by atoms with Crippen molar-refractivity contribution in [1.29, 1.82) is 0 Å². The first-order valence-electron chi connectivity index (χ1n) is 15.7. The first-order chi connectivity index (χ1) is 23.6. The number of hydrogen-bond donors (Lipinski definition) is 1. The van der Waals surface area contributed by atoms with E-state index in [0.717, 1.165) is 21.0 Å². The molecule has 2 unspecified atom stereocenters. The van der Waals surface area contributed by atoms with Gasteiger partial charge in [0.2, 0.25) is 0 Å². The summed E-state index contributed by atoms with van der Waals surface area (Å²) >= 11 is 0. The fourth-order valence-electron chi connectivity index (χ4n) is 5.37. The predicted octanol–water partition coefficient (Wildman–Crippen LogP) is 2.87. The molecule has 14 heteroatoms. The Morgan fingerprint density at radius 3 is 1.57 bits per heavy atom. The van der Waals surface area contributed by atoms with Crippen LogP contribution in [0.1, 0.15) is 16.7 Å². The number of carbonyl (C=O) groups excluding carboxylic acids is 2. The molecule has 2 heterocycles. The van der Waals surface area contributed by atoms with Gasteiger partial charge in [-0.3, -0.25) is 9.59 Å². The third-order valence-electron chi connectivity index (χ3n) is 7.92. The van der Waals surface area contributed by atoms with Gasteiger partial charge in [-0.05, 0) is 29.5 Å². The van der Waals surface area contributed by atoms with Gasteiger partial charge in [-0.1, -0.05) is 115 Å². The summed E-state index contributed by atoms with van der Waals surface area (Å²) in [5, 5.41) is 0. The average Bonchev–Trinajstić information content (AvgIpc) is 3.38. The van der Waals surface area contributed by atoms with Crippen molar-refractivity contribution in [2.75, 3.05) is 40.4 Å². The van der Waals surface area contributed by atoms with Gasteiger partial charge in [0, 0.05) is 32.7 Å². The van der Waals surface area contributed by atoms with Gasteiger partial charge in [-0.2, -0.15) is 34.5 Å². The van der Waals surface area contributed by atoms with Crippen LogP contribution in [0.15, 0.2) is 115 Å². The molecule has 0 aromatic heterocycles. The minimum atomic E-state index is -3.87. The molecule has 0 saturated heterocycles. The van der Waals surface area contributed by atoms with Crippen molar-refractivity contribution in [2.24, 2.45) is 0 Å². The van der Waals surface area contributed by atoms with E-state index in [-0.39, 0.29) is 45.6 Å². The zero-order chi connectivity index (χ0) is 35.3. The lowest BCUT2D eigenvalue weighted by molar-refractivity contribution is -0.145. The van der Waals surface area contributed by atoms with Gasteiger partial charge in [-0.25, -0.2) is 0 Å². The molecule has 0 saturated carbocycles. The summed E-state index contributed by atoms with van der Waals surface area (Å²) < 4.78 is 67.1. The van der Waals surface area contributed by atoms with Crippen molar-refractivity contribution in [3.05, 3.63) is 132 Å². The van der Waals surface area contributed by atoms with E-state index in [9.17, 15) is 26.4 Å². The Hall–Kier alpha value is -4.18. The van der Waals surface area contributed by atoms with Crippen LogP contribution in [0.5, 0.6) is 0 Å². The highest BCUT2D eigenvalue weighted by atomic mass is 32.2. The maximum atomic E-state index is 13.4. The van der Waals surface area contributed by atoms with Gasteiger partial charge in [0.1, 0.15) is 12.1 Å². The third kappa shape index (κ3) is 10.4. The van der Waals surface area contributed by atoms with Crippen LogP contribution in [0.25, 0.3) is 0 Å². The van der Waals surface area contributed by atoms with Gasteiger partial charge in [0.15, 0.2) is 0 Å². The molecule has 262 valence electrons. The second-order valence-electron chi connectivity index (χ2n) is 11.2. The first kappa shape index (κ1) is 37.6. The monoisotopic (exact) mass is 710 g/mol. The smallest absolute Gasteiger partial charge is 0.324 e. The maximum Gasteiger partial charge on any atom is 0.324 e. The third-order valence-corrected chi connectivity index (χ3v) is 11.4. The van der Waals surface area contributed by atoms with E-state index >= 15 is 0 Å². The fraction of sp³-hybridized carbons (Fsp3) is 0.314. The molecule has 0 aliphatic carbocycles. The summed E-state index contributed by atoms with van der Waals surface area (Å²) in [6.07, 6.45) is 7.55. The van der Waals surface area contributed by atoms with Crippen LogP contribution in [-0.2, 0) is 58.9 Å². The van der Waals surface area contributed by atoms with Crippen LogP contribution in [0.3, 0.4) is 0 Å². The topological polar surface area (TPSA) is 143 Å². The van der Waals surface area contributed by atoms with E-state index in [1.807, 2.05) is 97.1 Å². The van der Waals surface area contributed by atoms with Crippen molar-refractivity contribution in [2.45, 2.75) is 31.5 Å². The molecule has 0 amide bonds. The number of carbonyl (C=O) groups is 2. The summed E-state index contributed by atoms with van der Waals surface area (Å²) in [6, 6.07) is 26.2. The summed E-state index contributed by atoms with van der Waals surface area (Å²) in [4.78, 5) is 24.5. The van der Waals surface area contributed by atoms with E-state index in [1.165, 1.54) is 22.8 Å². The first-order valence-corrected chi connectivity index (χ1v) is 18.5. The van der Waals surface area contributed by atoms with E-state index in [0.29, 0.717) is 0 Å². The van der Waals surface area contributed by atoms with E-state index in [1.54, 1.807) is 18.2 Å². The normalized spacial score (nSPS) is 18.9. The van der Waals surface area contributed by atoms with Gasteiger partial charge in [0.25, 0.3) is 20.4 Å². The zero-order valence-corrected chi connectivity index (χ0v) is 29.1. The molecular formula is C35H42N4O8S2. The van der Waals surface area contributed by atoms with Gasteiger partial charge >= 0.3 is 11.9 Å². The Balaban J connectivity index is 0.000000230. The van der Waals surface area contributed by atoms with Crippen LogP contribution < -0.4 is 4.72 Å². The molecule has 0 spiro atoms. The zero-order valence-electron chi connectivity index (χ0n) is 27.5. The van der Waals surface area contributed by atoms with Gasteiger partial charge < -0.3 is 9.47 Å². The number of hydrogen-bond acceptors (Lipinski definition) is 8. The van der Waals surface area contributed by atoms with Crippen molar-refractivity contribution in [3.63, 3.8) is 0 Å². The van der Waals surface area contributed by atoms with E-state index in [2.05, 4.69) is 4.72 Å². The highest BCUT2D eigenvalue weighted by molar-refractivity contribution is 7.87. The summed E-state index contributed by atoms with van der Waals surface area (Å²) in [7, 11) is -5.05. The van der Waals surface area contributed by atoms with Crippen LogP contribution in [-0.4, -0.2) is 94.2 Å². The number of methoxy groups -OCH3 is 2. The number of ether oxygens (including phenoxy) is 2. The molecule has 2 aliphatic heterocycles. The average molecular weight is 711 g/mol. The summed E-state index contributed by atoms with van der Waals surface area (Å²) in [5.41, 5.74) is 2.63. The molecule has 0 bridgehead atoms. The Bertz CT molecular complexity index is 1790. The predicted molar refractivity (Wildman–Crippen MR) is 186 cm³/mol. The number of benzene rings is 3. The number of nitrogens with one attached hydrogen (secondary N) is 1. The van der Waals surface area contributed by atoms with E-state index < -0.39 is 44.4 Å². The molecular weight excluding hydrogens is 669 g/mol. The van der Waals surface area contributed by atoms with Crippen molar-refractivity contribution in [1.82, 2.24) is 17.6 Å². The molecule has 12 nitrogen and oxygen atoms in total. The van der Waals surface area contributed by atoms with Gasteiger partial charge in [0.05, 0.1) is 14.2 Å². The molecule has 3 aromatic rings. The van der Waals surface area contributed by atoms with Crippen molar-refractivity contribution < 1.29 is 35.9 Å². The molecule has 0 radical (unpaired) electrons. The minimum absolute atomic E-state index is 0.125. The second-order valence-corrected chi connectivity index (χ2v) is 14.8. The molecule has 5 rings (SSSR count). The van der Waals surface area contributed by atoms with Crippen LogP contribution >= 0.6 is 0 Å². The molecule has 0 fully saturated rings. The maximum absolute atomic E-state index is 13.4. The Morgan fingerprint density at radius 2 is 1.06 bits per heavy atom. The minimum Gasteiger partial charge on any atom is -0.468 e. The highest BCUT2D eigenvalue weighted by Gasteiger charge is 2.39. The van der Waals surface area contributed by atoms with Crippen molar-refractivity contribution in [3.8, 4) is 0 Å². The van der Waals surface area contributed by atoms with Gasteiger partial charge in [-0.15, -0.1) is 0 Å². The lowest BCUT2D eigenvalue weighted by Gasteiger charge is -2.31. The number of nitrogens with zero attached hydrogens (tertiary/aromatic N) is 3. The highest BCUT2D eigenvalue weighted by Crippen LogP contribution is 2.22. The lowest BCUT2D eigenvalue weighted by Crippen LogP contribution is -2.51. The molecule has 2 aliphatic rings. The van der Waals surface area contributed by atoms with E-state index in [4.69, 9.17) is 9.47 Å². The molecule has 49 heavy (non-hydrogen) atoms. The molecule has 3 aromatic carbocycles. The Kier molecular flexibility index (Phi) is 13.8. The quantitative estimate of drug-likeness (QED) is 0.250. The number of esters is 2. The number of rotatable bonds is 10. The van der Waals surface area contributed by atoms with Crippen LogP contribution in [0.4, 0.5) is 0 Å². The summed E-state index contributed by atoms with van der Waals surface area (Å²) in [6.45, 7) is 0.983. The fourth-order valence-corrected chi connectivity index (χ4v) is 8.26. The standard InChI is InChI=1S/C21H24N2O4S.C14H18N2O4S/c1-27-21(24)20(16-18-10-4-2-5-11-18)23-15-9-8-14-22(28(23,25)26)17-19-12-6-3-7-13-19;1-20-14(17)13(11-12-7-3-2-4-8-12)16-10-6-5-9-15-21(16,18)19/h2-13,20H,14-17H2,1H3;2-8,13,15H,9-11H2,1H3. The summed E-state index contributed by atoms with van der Waals surface area (Å²) in [5.74, 6) is -1.14. The Labute approximate surface area is 289 Å².